The highest BCUT2D eigenvalue weighted by Gasteiger charge is 2.12. The number of carbonyl (C=O) groups is 1. The summed E-state index contributed by atoms with van der Waals surface area (Å²) >= 11 is 0. The summed E-state index contributed by atoms with van der Waals surface area (Å²) in [6.45, 7) is 1.16. The van der Waals surface area contributed by atoms with Gasteiger partial charge in [-0.25, -0.2) is 0 Å². The molecule has 110 valence electrons. The lowest BCUT2D eigenvalue weighted by atomic mass is 10.1. The van der Waals surface area contributed by atoms with Crippen molar-refractivity contribution < 1.29 is 9.90 Å². The van der Waals surface area contributed by atoms with Crippen LogP contribution in [0.2, 0.25) is 0 Å². The van der Waals surface area contributed by atoms with Crippen LogP contribution in [0.25, 0.3) is 0 Å². The number of rotatable bonds is 7. The van der Waals surface area contributed by atoms with Gasteiger partial charge in [-0.1, -0.05) is 60.7 Å². The molecule has 0 heterocycles. The standard InChI is InChI=1S/C18H21NO2/c1-19(14-18(21)16-10-6-3-7-11-16)13-12-17(20)15-8-4-2-5-9-15/h2-11,18,21H,12-14H2,1H3. The van der Waals surface area contributed by atoms with E-state index in [1.54, 1.807) is 0 Å². The Kier molecular flexibility index (Phi) is 5.67. The van der Waals surface area contributed by atoms with Gasteiger partial charge >= 0.3 is 0 Å². The predicted octanol–water partition coefficient (Wildman–Crippen LogP) is 2.92. The molecule has 2 rings (SSSR count). The molecule has 0 aliphatic carbocycles. The number of nitrogens with zero attached hydrogens (tertiary/aromatic N) is 1. The molecule has 0 aliphatic heterocycles. The largest absolute Gasteiger partial charge is 0.387 e. The zero-order valence-corrected chi connectivity index (χ0v) is 12.3. The van der Waals surface area contributed by atoms with E-state index in [9.17, 15) is 9.90 Å². The minimum atomic E-state index is -0.525. The van der Waals surface area contributed by atoms with E-state index in [4.69, 9.17) is 0 Å². The summed E-state index contributed by atoms with van der Waals surface area (Å²) in [6.07, 6.45) is -0.0646. The van der Waals surface area contributed by atoms with Gasteiger partial charge in [-0.2, -0.15) is 0 Å². The van der Waals surface area contributed by atoms with Gasteiger partial charge in [0.1, 0.15) is 0 Å². The van der Waals surface area contributed by atoms with E-state index in [1.165, 1.54) is 0 Å². The zero-order valence-electron chi connectivity index (χ0n) is 12.3. The van der Waals surface area contributed by atoms with E-state index in [0.29, 0.717) is 19.5 Å². The van der Waals surface area contributed by atoms with Crippen molar-refractivity contribution in [3.63, 3.8) is 0 Å². The molecule has 0 spiro atoms. The first-order valence-electron chi connectivity index (χ1n) is 7.16. The van der Waals surface area contributed by atoms with Crippen molar-refractivity contribution in [2.45, 2.75) is 12.5 Å². The minimum absolute atomic E-state index is 0.136. The molecule has 2 aromatic carbocycles. The Balaban J connectivity index is 1.80. The lowest BCUT2D eigenvalue weighted by Crippen LogP contribution is -2.27. The third-order valence-corrected chi connectivity index (χ3v) is 3.49. The molecule has 3 nitrogen and oxygen atoms in total. The van der Waals surface area contributed by atoms with Crippen molar-refractivity contribution in [2.24, 2.45) is 0 Å². The maximum atomic E-state index is 12.0. The zero-order chi connectivity index (χ0) is 15.1. The number of likely N-dealkylation sites (N-methyl/N-ethyl adjacent to an activating group) is 1. The first-order valence-corrected chi connectivity index (χ1v) is 7.16. The normalized spacial score (nSPS) is 12.3. The van der Waals surface area contributed by atoms with Gasteiger partial charge in [-0.15, -0.1) is 0 Å². The molecule has 0 saturated heterocycles. The number of carbonyl (C=O) groups excluding carboxylic acids is 1. The summed E-state index contributed by atoms with van der Waals surface area (Å²) in [4.78, 5) is 14.0. The molecule has 0 aliphatic rings. The van der Waals surface area contributed by atoms with Crippen LogP contribution in [0.5, 0.6) is 0 Å². The lowest BCUT2D eigenvalue weighted by Gasteiger charge is -2.20. The van der Waals surface area contributed by atoms with Gasteiger partial charge in [0.2, 0.25) is 0 Å². The fourth-order valence-electron chi connectivity index (χ4n) is 2.23. The molecule has 2 aromatic rings. The van der Waals surface area contributed by atoms with E-state index in [1.807, 2.05) is 72.6 Å². The second-order valence-electron chi connectivity index (χ2n) is 5.23. The van der Waals surface area contributed by atoms with Crippen molar-refractivity contribution in [1.82, 2.24) is 4.90 Å². The molecule has 0 radical (unpaired) electrons. The fourth-order valence-corrected chi connectivity index (χ4v) is 2.23. The smallest absolute Gasteiger partial charge is 0.164 e. The maximum absolute atomic E-state index is 12.0. The van der Waals surface area contributed by atoms with Crippen LogP contribution in [-0.4, -0.2) is 35.9 Å². The fraction of sp³-hybridized carbons (Fsp3) is 0.278. The Morgan fingerprint density at radius 3 is 2.24 bits per heavy atom. The lowest BCUT2D eigenvalue weighted by molar-refractivity contribution is 0.0938. The predicted molar refractivity (Wildman–Crippen MR) is 84.3 cm³/mol. The van der Waals surface area contributed by atoms with Crippen LogP contribution in [0.4, 0.5) is 0 Å². The average molecular weight is 283 g/mol. The van der Waals surface area contributed by atoms with Gasteiger partial charge in [0.05, 0.1) is 6.10 Å². The Hall–Kier alpha value is -1.97. The Morgan fingerprint density at radius 1 is 1.05 bits per heavy atom. The van der Waals surface area contributed by atoms with E-state index in [2.05, 4.69) is 0 Å². The first kappa shape index (κ1) is 15.4. The number of benzene rings is 2. The van der Waals surface area contributed by atoms with Crippen LogP contribution < -0.4 is 0 Å². The van der Waals surface area contributed by atoms with Crippen molar-refractivity contribution in [2.75, 3.05) is 20.1 Å². The summed E-state index contributed by atoms with van der Waals surface area (Å²) in [5, 5.41) is 10.1. The van der Waals surface area contributed by atoms with Crippen LogP contribution in [0.15, 0.2) is 60.7 Å². The van der Waals surface area contributed by atoms with E-state index in [-0.39, 0.29) is 5.78 Å². The molecule has 0 fully saturated rings. The van der Waals surface area contributed by atoms with Crippen molar-refractivity contribution in [3.05, 3.63) is 71.8 Å². The average Bonchev–Trinajstić information content (AvgIpc) is 2.54. The van der Waals surface area contributed by atoms with E-state index in [0.717, 1.165) is 11.1 Å². The van der Waals surface area contributed by atoms with Crippen LogP contribution >= 0.6 is 0 Å². The summed E-state index contributed by atoms with van der Waals surface area (Å²) < 4.78 is 0. The number of Topliss-reactive ketones (excluding diaryl/α,β-unsaturated/α-hetero) is 1. The van der Waals surface area contributed by atoms with Crippen LogP contribution in [-0.2, 0) is 0 Å². The third-order valence-electron chi connectivity index (χ3n) is 3.49. The molecule has 0 aromatic heterocycles. The Bertz CT molecular complexity index is 554. The summed E-state index contributed by atoms with van der Waals surface area (Å²) in [6, 6.07) is 18.9. The van der Waals surface area contributed by atoms with Gasteiger partial charge in [-0.3, -0.25) is 4.79 Å². The van der Waals surface area contributed by atoms with Crippen molar-refractivity contribution in [3.8, 4) is 0 Å². The van der Waals surface area contributed by atoms with Crippen LogP contribution in [0.1, 0.15) is 28.4 Å². The monoisotopic (exact) mass is 283 g/mol. The Morgan fingerprint density at radius 2 is 1.62 bits per heavy atom. The molecule has 21 heavy (non-hydrogen) atoms. The van der Waals surface area contributed by atoms with Crippen molar-refractivity contribution in [1.29, 1.82) is 0 Å². The van der Waals surface area contributed by atoms with Gasteiger partial charge in [-0.05, 0) is 12.6 Å². The SMILES string of the molecule is CN(CCC(=O)c1ccccc1)CC(O)c1ccccc1. The van der Waals surface area contributed by atoms with Gasteiger partial charge in [0, 0.05) is 25.1 Å². The topological polar surface area (TPSA) is 40.5 Å². The quantitative estimate of drug-likeness (QED) is 0.794. The molecular formula is C18H21NO2. The molecule has 1 N–H and O–H groups in total. The molecule has 0 amide bonds. The number of aliphatic hydroxyl groups excluding tert-OH is 1. The van der Waals surface area contributed by atoms with E-state index >= 15 is 0 Å². The second kappa shape index (κ2) is 7.72. The highest BCUT2D eigenvalue weighted by atomic mass is 16.3. The van der Waals surface area contributed by atoms with Crippen molar-refractivity contribution >= 4 is 5.78 Å². The second-order valence-corrected chi connectivity index (χ2v) is 5.23. The molecule has 0 saturated carbocycles. The van der Waals surface area contributed by atoms with E-state index < -0.39 is 6.10 Å². The summed E-state index contributed by atoms with van der Waals surface area (Å²) in [5.41, 5.74) is 1.65. The minimum Gasteiger partial charge on any atom is -0.387 e. The highest BCUT2D eigenvalue weighted by molar-refractivity contribution is 5.96. The number of aliphatic hydroxyl groups is 1. The first-order chi connectivity index (χ1) is 10.2. The number of hydrogen-bond donors (Lipinski definition) is 1. The maximum Gasteiger partial charge on any atom is 0.164 e. The molecule has 1 atom stereocenters. The summed E-state index contributed by atoms with van der Waals surface area (Å²) in [5.74, 6) is 0.136. The number of ketones is 1. The van der Waals surface area contributed by atoms with Gasteiger partial charge in [0.25, 0.3) is 0 Å². The van der Waals surface area contributed by atoms with Crippen LogP contribution in [0.3, 0.4) is 0 Å². The molecule has 3 heteroatoms. The molecule has 1 unspecified atom stereocenters. The Labute approximate surface area is 125 Å². The third kappa shape index (κ3) is 4.81. The van der Waals surface area contributed by atoms with Gasteiger partial charge in [0.15, 0.2) is 5.78 Å². The highest BCUT2D eigenvalue weighted by Crippen LogP contribution is 2.13. The van der Waals surface area contributed by atoms with Crippen LogP contribution in [0, 0.1) is 0 Å². The number of hydrogen-bond acceptors (Lipinski definition) is 3. The molecular weight excluding hydrogens is 262 g/mol. The van der Waals surface area contributed by atoms with Gasteiger partial charge < -0.3 is 10.0 Å². The summed E-state index contributed by atoms with van der Waals surface area (Å²) in [7, 11) is 1.92. The molecule has 0 bridgehead atoms.